The molecular formula is C13H24Cl2N4. The van der Waals surface area contributed by atoms with Gasteiger partial charge in [-0.1, -0.05) is 0 Å². The molecule has 19 heavy (non-hydrogen) atoms. The van der Waals surface area contributed by atoms with E-state index in [0.29, 0.717) is 0 Å². The number of piperidine rings is 1. The maximum absolute atomic E-state index is 4.41. The van der Waals surface area contributed by atoms with E-state index in [2.05, 4.69) is 26.0 Å². The summed E-state index contributed by atoms with van der Waals surface area (Å²) in [6, 6.07) is 0. The molecule has 1 saturated heterocycles. The number of nitrogens with one attached hydrogen (secondary N) is 1. The first kappa shape index (κ1) is 16.8. The summed E-state index contributed by atoms with van der Waals surface area (Å²) in [6.45, 7) is 7.02. The van der Waals surface area contributed by atoms with Crippen LogP contribution in [-0.4, -0.2) is 40.6 Å². The largest absolute Gasteiger partial charge is 0.333 e. The molecule has 6 heteroatoms. The molecule has 0 saturated carbocycles. The number of rotatable bonds is 3. The lowest BCUT2D eigenvalue weighted by Gasteiger charge is -2.30. The van der Waals surface area contributed by atoms with E-state index in [4.69, 9.17) is 0 Å². The fourth-order valence-electron chi connectivity index (χ4n) is 2.95. The molecule has 0 aliphatic carbocycles. The highest BCUT2D eigenvalue weighted by Crippen LogP contribution is 2.18. The minimum Gasteiger partial charge on any atom is -0.333 e. The number of fused-ring (bicyclic) bond motifs is 1. The van der Waals surface area contributed by atoms with Crippen LogP contribution in [0.2, 0.25) is 0 Å². The van der Waals surface area contributed by atoms with Gasteiger partial charge in [0.1, 0.15) is 5.82 Å². The number of hydrogen-bond acceptors (Lipinski definition) is 3. The van der Waals surface area contributed by atoms with Gasteiger partial charge in [-0.25, -0.2) is 4.98 Å². The van der Waals surface area contributed by atoms with Crippen molar-refractivity contribution < 1.29 is 0 Å². The first-order valence-electron chi connectivity index (χ1n) is 6.85. The number of hydrogen-bond donors (Lipinski definition) is 1. The number of nitrogens with zero attached hydrogens (tertiary/aromatic N) is 3. The fourth-order valence-corrected chi connectivity index (χ4v) is 2.95. The quantitative estimate of drug-likeness (QED) is 0.926. The third-order valence-electron chi connectivity index (χ3n) is 4.14. The molecule has 0 aromatic carbocycles. The predicted molar refractivity (Wildman–Crippen MR) is 82.2 cm³/mol. The Labute approximate surface area is 127 Å². The summed E-state index contributed by atoms with van der Waals surface area (Å²) in [4.78, 5) is 6.97. The van der Waals surface area contributed by atoms with Gasteiger partial charge in [-0.2, -0.15) is 0 Å². The topological polar surface area (TPSA) is 33.1 Å². The molecule has 3 rings (SSSR count). The number of imidazole rings is 1. The smallest absolute Gasteiger partial charge is 0.122 e. The Morgan fingerprint density at radius 1 is 1.21 bits per heavy atom. The second kappa shape index (κ2) is 8.10. The summed E-state index contributed by atoms with van der Waals surface area (Å²) in [5, 5.41) is 3.44. The normalized spacial score (nSPS) is 20.2. The summed E-state index contributed by atoms with van der Waals surface area (Å²) in [5.41, 5.74) is 0. The number of aromatic nitrogens is 2. The molecule has 1 fully saturated rings. The monoisotopic (exact) mass is 306 g/mol. The molecule has 2 aliphatic rings. The standard InChI is InChI=1S/C13H22N4.2ClH/c1-4-14-5-2-12(1)3-7-16-9-10-17-8-6-15-13(17)11-16;;/h6,8,12,14H,1-5,7,9-11H2;2*1H. The SMILES string of the molecule is Cl.Cl.c1cn2c(n1)CN(CCC1CCNCC1)CC2. The Kier molecular flexibility index (Phi) is 7.15. The highest BCUT2D eigenvalue weighted by molar-refractivity contribution is 5.85. The average Bonchev–Trinajstić information content (AvgIpc) is 2.85. The van der Waals surface area contributed by atoms with Crippen molar-refractivity contribution in [2.75, 3.05) is 26.2 Å². The predicted octanol–water partition coefficient (Wildman–Crippen LogP) is 1.93. The van der Waals surface area contributed by atoms with E-state index in [1.54, 1.807) is 0 Å². The van der Waals surface area contributed by atoms with Gasteiger partial charge in [0.25, 0.3) is 0 Å². The van der Waals surface area contributed by atoms with Crippen LogP contribution in [0.15, 0.2) is 12.4 Å². The Morgan fingerprint density at radius 3 is 2.79 bits per heavy atom. The molecule has 1 N–H and O–H groups in total. The lowest BCUT2D eigenvalue weighted by Crippen LogP contribution is -2.36. The van der Waals surface area contributed by atoms with Crippen LogP contribution < -0.4 is 5.32 Å². The van der Waals surface area contributed by atoms with Gasteiger partial charge in [0.05, 0.1) is 6.54 Å². The maximum Gasteiger partial charge on any atom is 0.122 e. The highest BCUT2D eigenvalue weighted by Gasteiger charge is 2.18. The Morgan fingerprint density at radius 2 is 2.00 bits per heavy atom. The third kappa shape index (κ3) is 4.35. The van der Waals surface area contributed by atoms with E-state index >= 15 is 0 Å². The minimum absolute atomic E-state index is 0. The van der Waals surface area contributed by atoms with Crippen LogP contribution in [0.5, 0.6) is 0 Å². The van der Waals surface area contributed by atoms with E-state index in [-0.39, 0.29) is 24.8 Å². The van der Waals surface area contributed by atoms with Crippen LogP contribution in [-0.2, 0) is 13.1 Å². The average molecular weight is 307 g/mol. The maximum atomic E-state index is 4.41. The van der Waals surface area contributed by atoms with E-state index in [9.17, 15) is 0 Å². The molecule has 2 aliphatic heterocycles. The summed E-state index contributed by atoms with van der Waals surface area (Å²) in [5.74, 6) is 2.18. The first-order chi connectivity index (χ1) is 8.42. The van der Waals surface area contributed by atoms with Crippen LogP contribution in [0.3, 0.4) is 0 Å². The molecule has 3 heterocycles. The van der Waals surface area contributed by atoms with Crippen molar-refractivity contribution in [3.63, 3.8) is 0 Å². The van der Waals surface area contributed by atoms with E-state index < -0.39 is 0 Å². The fraction of sp³-hybridized carbons (Fsp3) is 0.769. The van der Waals surface area contributed by atoms with Crippen molar-refractivity contribution in [3.8, 4) is 0 Å². The van der Waals surface area contributed by atoms with Crippen LogP contribution in [0, 0.1) is 5.92 Å². The Bertz CT molecular complexity index is 363. The first-order valence-corrected chi connectivity index (χ1v) is 6.85. The molecule has 110 valence electrons. The van der Waals surface area contributed by atoms with E-state index in [1.165, 1.54) is 51.3 Å². The van der Waals surface area contributed by atoms with Crippen molar-refractivity contribution in [2.45, 2.75) is 32.4 Å². The zero-order valence-corrected chi connectivity index (χ0v) is 12.9. The molecule has 0 amide bonds. The van der Waals surface area contributed by atoms with Crippen molar-refractivity contribution in [1.29, 1.82) is 0 Å². The molecule has 0 radical (unpaired) electrons. The molecule has 0 unspecified atom stereocenters. The van der Waals surface area contributed by atoms with Gasteiger partial charge >= 0.3 is 0 Å². The Hall–Kier alpha value is -0.290. The van der Waals surface area contributed by atoms with Gasteiger partial charge in [0.15, 0.2) is 0 Å². The molecule has 0 bridgehead atoms. The highest BCUT2D eigenvalue weighted by atomic mass is 35.5. The number of halogens is 2. The van der Waals surface area contributed by atoms with Crippen molar-refractivity contribution in [2.24, 2.45) is 5.92 Å². The molecule has 4 nitrogen and oxygen atoms in total. The summed E-state index contributed by atoms with van der Waals surface area (Å²) < 4.78 is 2.28. The lowest BCUT2D eigenvalue weighted by atomic mass is 9.94. The van der Waals surface area contributed by atoms with Crippen molar-refractivity contribution in [1.82, 2.24) is 19.8 Å². The van der Waals surface area contributed by atoms with E-state index in [1.807, 2.05) is 6.20 Å². The van der Waals surface area contributed by atoms with Gasteiger partial charge in [-0.05, 0) is 44.8 Å². The van der Waals surface area contributed by atoms with Crippen LogP contribution in [0.4, 0.5) is 0 Å². The summed E-state index contributed by atoms with van der Waals surface area (Å²) in [7, 11) is 0. The summed E-state index contributed by atoms with van der Waals surface area (Å²) >= 11 is 0. The lowest BCUT2D eigenvalue weighted by molar-refractivity contribution is 0.193. The van der Waals surface area contributed by atoms with Crippen LogP contribution in [0.1, 0.15) is 25.1 Å². The summed E-state index contributed by atoms with van der Waals surface area (Å²) in [6.07, 6.45) is 8.11. The van der Waals surface area contributed by atoms with Gasteiger partial charge in [0, 0.05) is 25.5 Å². The van der Waals surface area contributed by atoms with Crippen molar-refractivity contribution in [3.05, 3.63) is 18.2 Å². The molecule has 1 aromatic heterocycles. The van der Waals surface area contributed by atoms with Crippen molar-refractivity contribution >= 4 is 24.8 Å². The zero-order valence-electron chi connectivity index (χ0n) is 11.3. The molecular weight excluding hydrogens is 283 g/mol. The third-order valence-corrected chi connectivity index (χ3v) is 4.14. The van der Waals surface area contributed by atoms with E-state index in [0.717, 1.165) is 19.0 Å². The molecule has 0 atom stereocenters. The van der Waals surface area contributed by atoms with Gasteiger partial charge in [0.2, 0.25) is 0 Å². The van der Waals surface area contributed by atoms with Crippen LogP contribution in [0.25, 0.3) is 0 Å². The van der Waals surface area contributed by atoms with Gasteiger partial charge < -0.3 is 9.88 Å². The van der Waals surface area contributed by atoms with Gasteiger partial charge in [-0.3, -0.25) is 4.90 Å². The molecule has 0 spiro atoms. The van der Waals surface area contributed by atoms with Gasteiger partial charge in [-0.15, -0.1) is 24.8 Å². The second-order valence-corrected chi connectivity index (χ2v) is 5.30. The molecule has 1 aromatic rings. The Balaban J connectivity index is 0.000000902. The second-order valence-electron chi connectivity index (χ2n) is 5.30. The minimum atomic E-state index is 0. The van der Waals surface area contributed by atoms with Crippen LogP contribution >= 0.6 is 24.8 Å². The zero-order chi connectivity index (χ0) is 11.5.